The van der Waals surface area contributed by atoms with Gasteiger partial charge in [-0.3, -0.25) is 0 Å². The van der Waals surface area contributed by atoms with Crippen LogP contribution >= 0.6 is 11.6 Å². The van der Waals surface area contributed by atoms with Gasteiger partial charge in [-0.05, 0) is 34.0 Å². The molecule has 21 heavy (non-hydrogen) atoms. The first-order valence-electron chi connectivity index (χ1n) is 6.71. The molecule has 0 aliphatic heterocycles. The Morgan fingerprint density at radius 3 is 2.62 bits per heavy atom. The summed E-state index contributed by atoms with van der Waals surface area (Å²) in [5, 5.41) is 2.31. The van der Waals surface area contributed by atoms with Gasteiger partial charge in [-0.25, -0.2) is 4.39 Å². The van der Waals surface area contributed by atoms with E-state index in [0.717, 1.165) is 10.9 Å². The molecule has 0 spiro atoms. The molecule has 3 aromatic rings. The maximum Gasteiger partial charge on any atom is 0.127 e. The van der Waals surface area contributed by atoms with Crippen LogP contribution in [0.3, 0.4) is 0 Å². The molecule has 0 saturated heterocycles. The fourth-order valence-corrected chi connectivity index (χ4v) is 2.51. The zero-order chi connectivity index (χ0) is 14.7. The number of ether oxygens (including phenoxy) is 1. The van der Waals surface area contributed by atoms with Crippen LogP contribution in [0.2, 0.25) is 0 Å². The second-order valence-corrected chi connectivity index (χ2v) is 5.12. The molecule has 0 unspecified atom stereocenters. The summed E-state index contributed by atoms with van der Waals surface area (Å²) in [6.07, 6.45) is 0. The third-order valence-electron chi connectivity index (χ3n) is 3.36. The summed E-state index contributed by atoms with van der Waals surface area (Å²) in [7, 11) is 0. The SMILES string of the molecule is Fc1cc(CCl)cc(OCc2cccc3ccccc23)c1. The van der Waals surface area contributed by atoms with Gasteiger partial charge >= 0.3 is 0 Å². The number of halogens is 2. The van der Waals surface area contributed by atoms with E-state index in [2.05, 4.69) is 18.2 Å². The molecule has 0 aliphatic rings. The molecule has 0 amide bonds. The largest absolute Gasteiger partial charge is 0.489 e. The Labute approximate surface area is 127 Å². The summed E-state index contributed by atoms with van der Waals surface area (Å²) in [5.41, 5.74) is 1.79. The van der Waals surface area contributed by atoms with Gasteiger partial charge in [-0.2, -0.15) is 0 Å². The molecule has 0 aromatic heterocycles. The van der Waals surface area contributed by atoms with Crippen molar-refractivity contribution in [2.45, 2.75) is 12.5 Å². The number of benzene rings is 3. The number of hydrogen-bond acceptors (Lipinski definition) is 1. The number of alkyl halides is 1. The van der Waals surface area contributed by atoms with Crippen molar-refractivity contribution < 1.29 is 9.13 Å². The van der Waals surface area contributed by atoms with Gasteiger partial charge in [-0.15, -0.1) is 11.6 Å². The molecule has 106 valence electrons. The Bertz CT molecular complexity index is 765. The van der Waals surface area contributed by atoms with E-state index in [9.17, 15) is 4.39 Å². The average molecular weight is 301 g/mol. The lowest BCUT2D eigenvalue weighted by Crippen LogP contribution is -1.97. The summed E-state index contributed by atoms with van der Waals surface area (Å²) >= 11 is 5.74. The van der Waals surface area contributed by atoms with E-state index in [0.29, 0.717) is 17.9 Å². The molecule has 0 radical (unpaired) electrons. The van der Waals surface area contributed by atoms with E-state index in [4.69, 9.17) is 16.3 Å². The van der Waals surface area contributed by atoms with Crippen LogP contribution in [0.25, 0.3) is 10.8 Å². The fourth-order valence-electron chi connectivity index (χ4n) is 2.36. The van der Waals surface area contributed by atoms with Gasteiger partial charge in [0.05, 0.1) is 0 Å². The van der Waals surface area contributed by atoms with Crippen LogP contribution in [0.15, 0.2) is 60.7 Å². The molecule has 0 N–H and O–H groups in total. The first-order chi connectivity index (χ1) is 10.3. The third kappa shape index (κ3) is 3.17. The Balaban J connectivity index is 1.85. The summed E-state index contributed by atoms with van der Waals surface area (Å²) < 4.78 is 19.2. The predicted molar refractivity (Wildman–Crippen MR) is 84.2 cm³/mol. The minimum atomic E-state index is -0.332. The number of rotatable bonds is 4. The highest BCUT2D eigenvalue weighted by atomic mass is 35.5. The smallest absolute Gasteiger partial charge is 0.127 e. The molecule has 3 rings (SSSR count). The minimum absolute atomic E-state index is 0.266. The van der Waals surface area contributed by atoms with E-state index >= 15 is 0 Å². The van der Waals surface area contributed by atoms with Crippen molar-refractivity contribution >= 4 is 22.4 Å². The van der Waals surface area contributed by atoms with E-state index in [1.54, 1.807) is 6.07 Å². The second kappa shape index (κ2) is 6.15. The molecule has 0 fully saturated rings. The topological polar surface area (TPSA) is 9.23 Å². The van der Waals surface area contributed by atoms with Crippen LogP contribution in [-0.2, 0) is 12.5 Å². The lowest BCUT2D eigenvalue weighted by atomic mass is 10.1. The van der Waals surface area contributed by atoms with Crippen molar-refractivity contribution in [3.63, 3.8) is 0 Å². The molecule has 0 saturated carbocycles. The molecule has 3 aromatic carbocycles. The van der Waals surface area contributed by atoms with Crippen molar-refractivity contribution in [1.82, 2.24) is 0 Å². The van der Waals surface area contributed by atoms with Crippen LogP contribution in [0.4, 0.5) is 4.39 Å². The molecule has 0 atom stereocenters. The quantitative estimate of drug-likeness (QED) is 0.594. The molecule has 0 bridgehead atoms. The molecule has 0 heterocycles. The van der Waals surface area contributed by atoms with E-state index in [-0.39, 0.29) is 11.7 Å². The Hall–Kier alpha value is -2.06. The van der Waals surface area contributed by atoms with Crippen molar-refractivity contribution in [2.24, 2.45) is 0 Å². The highest BCUT2D eigenvalue weighted by Gasteiger charge is 2.04. The Morgan fingerprint density at radius 1 is 0.952 bits per heavy atom. The normalized spacial score (nSPS) is 10.8. The lowest BCUT2D eigenvalue weighted by molar-refractivity contribution is 0.306. The molecule has 0 aliphatic carbocycles. The zero-order valence-electron chi connectivity index (χ0n) is 11.4. The van der Waals surface area contributed by atoms with Gasteiger partial charge in [0.2, 0.25) is 0 Å². The average Bonchev–Trinajstić information content (AvgIpc) is 2.52. The van der Waals surface area contributed by atoms with Crippen LogP contribution in [0.5, 0.6) is 5.75 Å². The van der Waals surface area contributed by atoms with E-state index in [1.807, 2.05) is 24.3 Å². The number of fused-ring (bicyclic) bond motifs is 1. The zero-order valence-corrected chi connectivity index (χ0v) is 12.1. The van der Waals surface area contributed by atoms with Gasteiger partial charge in [0, 0.05) is 11.9 Å². The van der Waals surface area contributed by atoms with Crippen LogP contribution in [0, 0.1) is 5.82 Å². The molecule has 3 heteroatoms. The maximum atomic E-state index is 13.5. The van der Waals surface area contributed by atoms with Gasteiger partial charge in [-0.1, -0.05) is 42.5 Å². The monoisotopic (exact) mass is 300 g/mol. The predicted octanol–water partition coefficient (Wildman–Crippen LogP) is 5.30. The maximum absolute atomic E-state index is 13.5. The van der Waals surface area contributed by atoms with Crippen molar-refractivity contribution in [2.75, 3.05) is 0 Å². The molecule has 1 nitrogen and oxygen atoms in total. The van der Waals surface area contributed by atoms with Crippen molar-refractivity contribution in [3.8, 4) is 5.75 Å². The first kappa shape index (κ1) is 13.9. The van der Waals surface area contributed by atoms with E-state index < -0.39 is 0 Å². The van der Waals surface area contributed by atoms with Crippen LogP contribution < -0.4 is 4.74 Å². The van der Waals surface area contributed by atoms with Gasteiger partial charge in [0.15, 0.2) is 0 Å². The fraction of sp³-hybridized carbons (Fsp3) is 0.111. The van der Waals surface area contributed by atoms with Crippen molar-refractivity contribution in [1.29, 1.82) is 0 Å². The van der Waals surface area contributed by atoms with E-state index in [1.165, 1.54) is 17.5 Å². The number of hydrogen-bond donors (Lipinski definition) is 0. The Kier molecular flexibility index (Phi) is 4.07. The van der Waals surface area contributed by atoms with Crippen LogP contribution in [-0.4, -0.2) is 0 Å². The highest BCUT2D eigenvalue weighted by Crippen LogP contribution is 2.22. The van der Waals surface area contributed by atoms with Crippen LogP contribution in [0.1, 0.15) is 11.1 Å². The molecular weight excluding hydrogens is 287 g/mol. The molecular formula is C18H14ClFO. The second-order valence-electron chi connectivity index (χ2n) is 4.86. The lowest BCUT2D eigenvalue weighted by Gasteiger charge is -2.10. The van der Waals surface area contributed by atoms with Gasteiger partial charge < -0.3 is 4.74 Å². The Morgan fingerprint density at radius 2 is 1.76 bits per heavy atom. The van der Waals surface area contributed by atoms with Crippen molar-refractivity contribution in [3.05, 3.63) is 77.6 Å². The summed E-state index contributed by atoms with van der Waals surface area (Å²) in [6, 6.07) is 18.8. The van der Waals surface area contributed by atoms with Gasteiger partial charge in [0.1, 0.15) is 18.2 Å². The standard InChI is InChI=1S/C18H14ClFO/c19-11-13-8-16(20)10-17(9-13)21-12-15-6-3-5-14-4-1-2-7-18(14)15/h1-10H,11-12H2. The third-order valence-corrected chi connectivity index (χ3v) is 3.67. The minimum Gasteiger partial charge on any atom is -0.489 e. The first-order valence-corrected chi connectivity index (χ1v) is 7.24. The van der Waals surface area contributed by atoms with Gasteiger partial charge in [0.25, 0.3) is 0 Å². The summed E-state index contributed by atoms with van der Waals surface area (Å²) in [4.78, 5) is 0. The summed E-state index contributed by atoms with van der Waals surface area (Å²) in [6.45, 7) is 0.395. The summed E-state index contributed by atoms with van der Waals surface area (Å²) in [5.74, 6) is 0.433. The highest BCUT2D eigenvalue weighted by molar-refractivity contribution is 6.17.